The van der Waals surface area contributed by atoms with Gasteiger partial charge >= 0.3 is 0 Å². The Kier molecular flexibility index (Phi) is 6.12. The van der Waals surface area contributed by atoms with E-state index < -0.39 is 11.8 Å². The molecule has 162 valence electrons. The van der Waals surface area contributed by atoms with E-state index in [-0.39, 0.29) is 25.3 Å². The molecule has 1 heterocycles. The Morgan fingerprint density at radius 3 is 2.38 bits per heavy atom. The van der Waals surface area contributed by atoms with E-state index in [1.807, 2.05) is 78.3 Å². The number of hydrogen-bond acceptors (Lipinski definition) is 4. The third kappa shape index (κ3) is 4.75. The van der Waals surface area contributed by atoms with E-state index >= 15 is 0 Å². The summed E-state index contributed by atoms with van der Waals surface area (Å²) >= 11 is 0. The van der Waals surface area contributed by atoms with Crippen LogP contribution in [0.25, 0.3) is 21.8 Å². The van der Waals surface area contributed by atoms with E-state index in [1.165, 1.54) is 0 Å². The number of carbonyl (C=O) groups is 3. The maximum Gasteiger partial charge on any atom is 0.257 e. The van der Waals surface area contributed by atoms with Crippen molar-refractivity contribution in [2.75, 3.05) is 6.54 Å². The van der Waals surface area contributed by atoms with Gasteiger partial charge in [0.15, 0.2) is 0 Å². The number of rotatable bonds is 6. The lowest BCUT2D eigenvalue weighted by Gasteiger charge is -2.09. The number of nitrogens with zero attached hydrogens (tertiary/aromatic N) is 2. The average Bonchev–Trinajstić information content (AvgIpc) is 3.12. The molecule has 3 amide bonds. The quantitative estimate of drug-likeness (QED) is 0.406. The maximum atomic E-state index is 12.3. The summed E-state index contributed by atoms with van der Waals surface area (Å²) in [6, 6.07) is 21.2. The van der Waals surface area contributed by atoms with Crippen LogP contribution in [0.15, 0.2) is 66.7 Å². The largest absolute Gasteiger partial charge is 0.347 e. The zero-order chi connectivity index (χ0) is 22.5. The van der Waals surface area contributed by atoms with Gasteiger partial charge in [0.1, 0.15) is 5.82 Å². The van der Waals surface area contributed by atoms with Crippen molar-refractivity contribution in [3.8, 4) is 0 Å². The van der Waals surface area contributed by atoms with Crippen LogP contribution in [-0.2, 0) is 34.3 Å². The highest BCUT2D eigenvalue weighted by molar-refractivity contribution is 5.92. The fraction of sp³-hybridized carbons (Fsp3) is 0.167. The summed E-state index contributed by atoms with van der Waals surface area (Å²) < 4.78 is 1.84. The molecule has 0 aliphatic carbocycles. The van der Waals surface area contributed by atoms with E-state index in [1.54, 1.807) is 0 Å². The molecule has 1 aromatic heterocycles. The first-order valence-electron chi connectivity index (χ1n) is 10.2. The Balaban J connectivity index is 1.24. The van der Waals surface area contributed by atoms with Crippen LogP contribution in [0.3, 0.4) is 0 Å². The molecule has 3 N–H and O–H groups in total. The highest BCUT2D eigenvalue weighted by atomic mass is 16.2. The van der Waals surface area contributed by atoms with Gasteiger partial charge in [0.05, 0.1) is 30.4 Å². The van der Waals surface area contributed by atoms with Crippen LogP contribution < -0.4 is 16.2 Å². The number of nitrogens with one attached hydrogen (secondary N) is 3. The van der Waals surface area contributed by atoms with Crippen LogP contribution in [0, 0.1) is 0 Å². The molecule has 3 aromatic carbocycles. The van der Waals surface area contributed by atoms with Gasteiger partial charge in [-0.05, 0) is 28.5 Å². The van der Waals surface area contributed by atoms with Gasteiger partial charge in [-0.3, -0.25) is 25.2 Å². The van der Waals surface area contributed by atoms with Gasteiger partial charge in [0.25, 0.3) is 5.91 Å². The number of aryl methyl sites for hydroxylation is 1. The van der Waals surface area contributed by atoms with Crippen LogP contribution in [0.2, 0.25) is 0 Å². The summed E-state index contributed by atoms with van der Waals surface area (Å²) in [5.74, 6) is -0.614. The number of hydrazine groups is 1. The number of imidazole rings is 1. The van der Waals surface area contributed by atoms with Crippen molar-refractivity contribution in [3.63, 3.8) is 0 Å². The highest BCUT2D eigenvalue weighted by Crippen LogP contribution is 2.18. The summed E-state index contributed by atoms with van der Waals surface area (Å²) in [4.78, 5) is 40.9. The molecule has 0 spiro atoms. The predicted molar refractivity (Wildman–Crippen MR) is 121 cm³/mol. The number of fused-ring (bicyclic) bond motifs is 2. The third-order valence-electron chi connectivity index (χ3n) is 5.22. The summed E-state index contributed by atoms with van der Waals surface area (Å²) in [5, 5.41) is 4.64. The van der Waals surface area contributed by atoms with Crippen LogP contribution >= 0.6 is 0 Å². The summed E-state index contributed by atoms with van der Waals surface area (Å²) in [6.45, 7) is -0.240. The third-order valence-corrected chi connectivity index (χ3v) is 5.22. The Hall–Kier alpha value is -4.20. The topological polar surface area (TPSA) is 105 Å². The number of amides is 3. The minimum absolute atomic E-state index is 0.0128. The predicted octanol–water partition coefficient (Wildman–Crippen LogP) is 1.78. The Labute approximate surface area is 184 Å². The molecule has 8 nitrogen and oxygen atoms in total. The Bertz CT molecular complexity index is 1310. The summed E-state index contributed by atoms with van der Waals surface area (Å²) in [5.41, 5.74) is 7.28. The molecule has 0 saturated heterocycles. The Morgan fingerprint density at radius 1 is 0.812 bits per heavy atom. The summed E-state index contributed by atoms with van der Waals surface area (Å²) in [6.07, 6.45) is 0.173. The first-order valence-corrected chi connectivity index (χ1v) is 10.2. The van der Waals surface area contributed by atoms with Crippen LogP contribution in [0.4, 0.5) is 0 Å². The standard InChI is InChI=1S/C24H23N5O3/c1-29-20-12-5-4-11-19(20)26-21(29)14-23(31)27-28-24(32)15-25-22(30)13-17-9-6-8-16-7-2-3-10-18(16)17/h2-12H,13-15H2,1H3,(H,25,30)(H,27,31)(H,28,32). The zero-order valence-corrected chi connectivity index (χ0v) is 17.6. The molecule has 0 fully saturated rings. The lowest BCUT2D eigenvalue weighted by atomic mass is 10.0. The molecule has 0 aliphatic rings. The summed E-state index contributed by atoms with van der Waals surface area (Å²) in [7, 11) is 1.84. The second kappa shape index (κ2) is 9.30. The molecular formula is C24H23N5O3. The zero-order valence-electron chi connectivity index (χ0n) is 17.6. The van der Waals surface area contributed by atoms with Gasteiger partial charge in [-0.25, -0.2) is 4.98 Å². The van der Waals surface area contributed by atoms with E-state index in [2.05, 4.69) is 21.2 Å². The number of benzene rings is 3. The normalized spacial score (nSPS) is 10.8. The van der Waals surface area contributed by atoms with E-state index in [0.717, 1.165) is 27.4 Å². The van der Waals surface area contributed by atoms with Gasteiger partial charge in [0.2, 0.25) is 11.8 Å². The first kappa shape index (κ1) is 21.0. The minimum Gasteiger partial charge on any atom is -0.347 e. The molecule has 0 unspecified atom stereocenters. The molecule has 0 atom stereocenters. The lowest BCUT2D eigenvalue weighted by Crippen LogP contribution is -2.47. The van der Waals surface area contributed by atoms with Gasteiger partial charge < -0.3 is 9.88 Å². The van der Waals surface area contributed by atoms with Crippen molar-refractivity contribution in [1.82, 2.24) is 25.7 Å². The number of para-hydroxylation sites is 2. The number of carbonyl (C=O) groups excluding carboxylic acids is 3. The van der Waals surface area contributed by atoms with Crippen LogP contribution in [-0.4, -0.2) is 33.8 Å². The fourth-order valence-corrected chi connectivity index (χ4v) is 3.59. The van der Waals surface area contributed by atoms with Gasteiger partial charge in [0, 0.05) is 7.05 Å². The minimum atomic E-state index is -0.519. The van der Waals surface area contributed by atoms with Crippen molar-refractivity contribution in [3.05, 3.63) is 78.1 Å². The van der Waals surface area contributed by atoms with E-state index in [9.17, 15) is 14.4 Å². The molecular weight excluding hydrogens is 406 g/mol. The van der Waals surface area contributed by atoms with Crippen LogP contribution in [0.1, 0.15) is 11.4 Å². The molecule has 0 radical (unpaired) electrons. The Morgan fingerprint density at radius 2 is 1.53 bits per heavy atom. The van der Waals surface area contributed by atoms with Gasteiger partial charge in [-0.1, -0.05) is 54.6 Å². The van der Waals surface area contributed by atoms with Crippen molar-refractivity contribution < 1.29 is 14.4 Å². The fourth-order valence-electron chi connectivity index (χ4n) is 3.59. The SMILES string of the molecule is Cn1c(CC(=O)NNC(=O)CNC(=O)Cc2cccc3ccccc23)nc2ccccc21. The second-order valence-corrected chi connectivity index (χ2v) is 7.44. The molecule has 4 rings (SSSR count). The molecule has 0 saturated carbocycles. The average molecular weight is 429 g/mol. The smallest absolute Gasteiger partial charge is 0.257 e. The molecule has 32 heavy (non-hydrogen) atoms. The van der Waals surface area contributed by atoms with E-state index in [4.69, 9.17) is 0 Å². The monoisotopic (exact) mass is 429 g/mol. The highest BCUT2D eigenvalue weighted by Gasteiger charge is 2.13. The molecule has 4 aromatic rings. The van der Waals surface area contributed by atoms with Crippen LogP contribution in [0.5, 0.6) is 0 Å². The van der Waals surface area contributed by atoms with Crippen molar-refractivity contribution in [2.24, 2.45) is 7.05 Å². The first-order chi connectivity index (χ1) is 15.5. The van der Waals surface area contributed by atoms with Crippen molar-refractivity contribution in [2.45, 2.75) is 12.8 Å². The molecule has 0 bridgehead atoms. The van der Waals surface area contributed by atoms with Crippen molar-refractivity contribution >= 4 is 39.5 Å². The van der Waals surface area contributed by atoms with E-state index in [0.29, 0.717) is 5.82 Å². The molecule has 8 heteroatoms. The molecule has 0 aliphatic heterocycles. The van der Waals surface area contributed by atoms with Gasteiger partial charge in [-0.2, -0.15) is 0 Å². The second-order valence-electron chi connectivity index (χ2n) is 7.44. The van der Waals surface area contributed by atoms with Gasteiger partial charge in [-0.15, -0.1) is 0 Å². The lowest BCUT2D eigenvalue weighted by molar-refractivity contribution is -0.129. The maximum absolute atomic E-state index is 12.3. The van der Waals surface area contributed by atoms with Crippen molar-refractivity contribution in [1.29, 1.82) is 0 Å². The number of aromatic nitrogens is 2. The number of hydrogen-bond donors (Lipinski definition) is 3.